The number of likely N-dealkylation sites (N-methyl/N-ethyl adjacent to an activating group) is 1. The first kappa shape index (κ1) is 13.7. The first-order valence-electron chi connectivity index (χ1n) is 6.03. The minimum absolute atomic E-state index is 0.0520. The monoisotopic (exact) mass is 281 g/mol. The van der Waals surface area contributed by atoms with Gasteiger partial charge < -0.3 is 14.4 Å². The van der Waals surface area contributed by atoms with Crippen molar-refractivity contribution in [2.24, 2.45) is 0 Å². The second-order valence-electron chi connectivity index (χ2n) is 4.61. The third-order valence-electron chi connectivity index (χ3n) is 2.99. The van der Waals surface area contributed by atoms with E-state index in [0.717, 1.165) is 5.56 Å². The second kappa shape index (κ2) is 5.53. The Balaban J connectivity index is 2.16. The molecule has 19 heavy (non-hydrogen) atoms. The van der Waals surface area contributed by atoms with E-state index in [9.17, 15) is 4.79 Å². The number of amides is 1. The zero-order valence-corrected chi connectivity index (χ0v) is 11.9. The Morgan fingerprint density at radius 1 is 1.42 bits per heavy atom. The number of hydrogen-bond donors (Lipinski definition) is 0. The number of rotatable bonds is 3. The molecule has 0 saturated heterocycles. The van der Waals surface area contributed by atoms with Crippen molar-refractivity contribution in [3.63, 3.8) is 0 Å². The lowest BCUT2D eigenvalue weighted by molar-refractivity contribution is -0.126. The van der Waals surface area contributed by atoms with E-state index in [4.69, 9.17) is 21.1 Å². The molecular formula is C14H16ClNO3. The number of hydrogen-bond acceptors (Lipinski definition) is 3. The van der Waals surface area contributed by atoms with Gasteiger partial charge in [-0.25, -0.2) is 0 Å². The molecule has 2 rings (SSSR count). The van der Waals surface area contributed by atoms with Gasteiger partial charge in [-0.1, -0.05) is 11.6 Å². The molecule has 1 aliphatic rings. The highest BCUT2D eigenvalue weighted by atomic mass is 35.5. The molecule has 1 aromatic rings. The zero-order chi connectivity index (χ0) is 14.0. The summed E-state index contributed by atoms with van der Waals surface area (Å²) < 4.78 is 10.5. The lowest BCUT2D eigenvalue weighted by Crippen LogP contribution is -2.31. The van der Waals surface area contributed by atoms with E-state index in [2.05, 4.69) is 0 Å². The summed E-state index contributed by atoms with van der Waals surface area (Å²) in [6.45, 7) is 4.10. The highest BCUT2D eigenvalue weighted by Gasteiger charge is 2.17. The Labute approximate surface area is 117 Å². The molecule has 0 atom stereocenters. The molecule has 1 amide bonds. The van der Waals surface area contributed by atoms with Crippen LogP contribution in [0.4, 0.5) is 0 Å². The van der Waals surface area contributed by atoms with Crippen LogP contribution in [-0.2, 0) is 4.79 Å². The van der Waals surface area contributed by atoms with Crippen molar-refractivity contribution in [2.75, 3.05) is 13.8 Å². The number of halogens is 1. The van der Waals surface area contributed by atoms with E-state index in [1.807, 2.05) is 13.8 Å². The van der Waals surface area contributed by atoms with E-state index in [1.54, 1.807) is 30.2 Å². The van der Waals surface area contributed by atoms with Gasteiger partial charge in [0.15, 0.2) is 11.5 Å². The number of fused-ring (bicyclic) bond motifs is 1. The van der Waals surface area contributed by atoms with Gasteiger partial charge in [0.2, 0.25) is 12.7 Å². The largest absolute Gasteiger partial charge is 0.454 e. The van der Waals surface area contributed by atoms with Crippen molar-refractivity contribution in [2.45, 2.75) is 19.9 Å². The van der Waals surface area contributed by atoms with Gasteiger partial charge in [-0.3, -0.25) is 4.79 Å². The topological polar surface area (TPSA) is 38.8 Å². The van der Waals surface area contributed by atoms with Crippen LogP contribution in [0.5, 0.6) is 11.5 Å². The number of carbonyl (C=O) groups excluding carboxylic acids is 1. The average Bonchev–Trinajstić information content (AvgIpc) is 2.83. The molecule has 0 spiro atoms. The maximum absolute atomic E-state index is 11.8. The van der Waals surface area contributed by atoms with Gasteiger partial charge in [-0.15, -0.1) is 0 Å². The zero-order valence-electron chi connectivity index (χ0n) is 11.1. The first-order valence-corrected chi connectivity index (χ1v) is 6.41. The van der Waals surface area contributed by atoms with Gasteiger partial charge in [0.05, 0.1) is 5.02 Å². The van der Waals surface area contributed by atoms with Crippen LogP contribution in [0.15, 0.2) is 18.2 Å². The Hall–Kier alpha value is -1.68. The van der Waals surface area contributed by atoms with Crippen LogP contribution in [0.3, 0.4) is 0 Å². The van der Waals surface area contributed by atoms with E-state index in [0.29, 0.717) is 16.5 Å². The maximum atomic E-state index is 11.8. The summed E-state index contributed by atoms with van der Waals surface area (Å²) in [4.78, 5) is 13.5. The van der Waals surface area contributed by atoms with Crippen molar-refractivity contribution in [3.05, 3.63) is 28.8 Å². The van der Waals surface area contributed by atoms with Crippen LogP contribution in [0.25, 0.3) is 6.08 Å². The second-order valence-corrected chi connectivity index (χ2v) is 5.02. The van der Waals surface area contributed by atoms with Crippen molar-refractivity contribution >= 4 is 23.6 Å². The Kier molecular flexibility index (Phi) is 4.00. The summed E-state index contributed by atoms with van der Waals surface area (Å²) in [6.07, 6.45) is 3.24. The fourth-order valence-corrected chi connectivity index (χ4v) is 1.90. The van der Waals surface area contributed by atoms with Crippen LogP contribution in [0.1, 0.15) is 19.4 Å². The van der Waals surface area contributed by atoms with E-state index >= 15 is 0 Å². The van der Waals surface area contributed by atoms with Crippen LogP contribution >= 0.6 is 11.6 Å². The molecule has 1 aliphatic heterocycles. The van der Waals surface area contributed by atoms with Gasteiger partial charge >= 0.3 is 0 Å². The predicted molar refractivity (Wildman–Crippen MR) is 74.5 cm³/mol. The molecule has 0 saturated carbocycles. The van der Waals surface area contributed by atoms with Crippen LogP contribution in [-0.4, -0.2) is 30.7 Å². The van der Waals surface area contributed by atoms with E-state index < -0.39 is 0 Å². The molecule has 4 nitrogen and oxygen atoms in total. The maximum Gasteiger partial charge on any atom is 0.246 e. The molecule has 0 bridgehead atoms. The molecule has 0 unspecified atom stereocenters. The number of benzene rings is 1. The minimum Gasteiger partial charge on any atom is -0.454 e. The number of nitrogens with zero attached hydrogens (tertiary/aromatic N) is 1. The fourth-order valence-electron chi connectivity index (χ4n) is 1.62. The van der Waals surface area contributed by atoms with Crippen LogP contribution < -0.4 is 9.47 Å². The van der Waals surface area contributed by atoms with Crippen LogP contribution in [0.2, 0.25) is 5.02 Å². The molecule has 1 heterocycles. The summed E-state index contributed by atoms with van der Waals surface area (Å²) in [5, 5.41) is 0.485. The van der Waals surface area contributed by atoms with Gasteiger partial charge in [0.1, 0.15) is 0 Å². The normalized spacial score (nSPS) is 13.3. The lowest BCUT2D eigenvalue weighted by atomic mass is 10.2. The Bertz CT molecular complexity index is 526. The van der Waals surface area contributed by atoms with Crippen LogP contribution in [0, 0.1) is 0 Å². The summed E-state index contributed by atoms with van der Waals surface area (Å²) in [5.74, 6) is 1.12. The molecule has 0 radical (unpaired) electrons. The van der Waals surface area contributed by atoms with Gasteiger partial charge in [0.25, 0.3) is 0 Å². The summed E-state index contributed by atoms with van der Waals surface area (Å²) in [5.41, 5.74) is 0.805. The molecule has 1 aromatic carbocycles. The SMILES string of the molecule is CC(C)N(C)C(=O)/C=C/c1cc(Cl)c2c(c1)OCO2. The smallest absolute Gasteiger partial charge is 0.246 e. The molecule has 5 heteroatoms. The van der Waals surface area contributed by atoms with E-state index in [-0.39, 0.29) is 18.7 Å². The highest BCUT2D eigenvalue weighted by molar-refractivity contribution is 6.32. The first-order chi connectivity index (χ1) is 8.99. The standard InChI is InChI=1S/C14H16ClNO3/c1-9(2)16(3)13(17)5-4-10-6-11(15)14-12(7-10)18-8-19-14/h4-7,9H,8H2,1-3H3/b5-4+. The van der Waals surface area contributed by atoms with Crippen molar-refractivity contribution < 1.29 is 14.3 Å². The van der Waals surface area contributed by atoms with Gasteiger partial charge in [-0.05, 0) is 37.6 Å². The molecule has 0 aromatic heterocycles. The Morgan fingerprint density at radius 3 is 2.84 bits per heavy atom. The lowest BCUT2D eigenvalue weighted by Gasteiger charge is -2.19. The highest BCUT2D eigenvalue weighted by Crippen LogP contribution is 2.40. The third-order valence-corrected chi connectivity index (χ3v) is 3.27. The fraction of sp³-hybridized carbons (Fsp3) is 0.357. The molecule has 102 valence electrons. The average molecular weight is 282 g/mol. The number of ether oxygens (including phenoxy) is 2. The third kappa shape index (κ3) is 3.01. The van der Waals surface area contributed by atoms with Crippen molar-refractivity contribution in [1.82, 2.24) is 4.90 Å². The Morgan fingerprint density at radius 2 is 2.16 bits per heavy atom. The molecular weight excluding hydrogens is 266 g/mol. The van der Waals surface area contributed by atoms with Crippen molar-refractivity contribution in [1.29, 1.82) is 0 Å². The molecule has 0 aliphatic carbocycles. The summed E-state index contributed by atoms with van der Waals surface area (Å²) in [6, 6.07) is 3.71. The minimum atomic E-state index is -0.0520. The summed E-state index contributed by atoms with van der Waals surface area (Å²) >= 11 is 6.07. The van der Waals surface area contributed by atoms with Gasteiger partial charge in [-0.2, -0.15) is 0 Å². The molecule has 0 N–H and O–H groups in total. The van der Waals surface area contributed by atoms with Gasteiger partial charge in [0, 0.05) is 19.2 Å². The van der Waals surface area contributed by atoms with Crippen molar-refractivity contribution in [3.8, 4) is 11.5 Å². The molecule has 0 fully saturated rings. The quantitative estimate of drug-likeness (QED) is 0.800. The van der Waals surface area contributed by atoms with E-state index in [1.165, 1.54) is 6.08 Å². The summed E-state index contributed by atoms with van der Waals surface area (Å²) in [7, 11) is 1.77. The number of carbonyl (C=O) groups is 1. The predicted octanol–water partition coefficient (Wildman–Crippen LogP) is 2.95.